The van der Waals surface area contributed by atoms with Gasteiger partial charge in [-0.3, -0.25) is 8.98 Å². The van der Waals surface area contributed by atoms with Crippen LogP contribution in [0.2, 0.25) is 0 Å². The number of benzene rings is 1. The molecule has 0 saturated heterocycles. The zero-order valence-corrected chi connectivity index (χ0v) is 12.4. The van der Waals surface area contributed by atoms with E-state index in [0.717, 1.165) is 12.1 Å². The first kappa shape index (κ1) is 21.4. The van der Waals surface area contributed by atoms with E-state index in [0.29, 0.717) is 0 Å². The van der Waals surface area contributed by atoms with Crippen LogP contribution in [-0.4, -0.2) is 39.9 Å². The largest absolute Gasteiger partial charge is 0.460 e. The molecule has 3 nitrogen and oxygen atoms in total. The minimum atomic E-state index is -7.19. The molecule has 142 valence electrons. The number of hydrogen-bond donors (Lipinski definition) is 0. The average molecular weight is 402 g/mol. The van der Waals surface area contributed by atoms with E-state index >= 15 is 0 Å². The van der Waals surface area contributed by atoms with Crippen molar-refractivity contribution in [2.45, 2.75) is 23.3 Å². The molecule has 1 atom stereocenters. The standard InChI is InChI=1S/C12H7F9O3S/c13-9(14,11(17,18)19)10(15,16)12(20,21)25(23)24-6-8(22)7-4-2-1-3-5-7/h1-5H,6H2. The predicted molar refractivity (Wildman–Crippen MR) is 65.8 cm³/mol. The highest BCUT2D eigenvalue weighted by Gasteiger charge is 2.84. The van der Waals surface area contributed by atoms with Crippen LogP contribution in [0.4, 0.5) is 39.5 Å². The van der Waals surface area contributed by atoms with Gasteiger partial charge in [-0.1, -0.05) is 30.3 Å². The van der Waals surface area contributed by atoms with Crippen molar-refractivity contribution in [3.63, 3.8) is 0 Å². The molecule has 1 aromatic carbocycles. The minimum absolute atomic E-state index is 0.185. The molecular weight excluding hydrogens is 395 g/mol. The summed E-state index contributed by atoms with van der Waals surface area (Å²) < 4.78 is 128. The summed E-state index contributed by atoms with van der Waals surface area (Å²) in [6, 6.07) is 6.36. The van der Waals surface area contributed by atoms with Crippen LogP contribution in [-0.2, 0) is 15.3 Å². The summed E-state index contributed by atoms with van der Waals surface area (Å²) in [5.41, 5.74) is -0.185. The fourth-order valence-electron chi connectivity index (χ4n) is 1.35. The number of Topliss-reactive ketones (excluding diaryl/α,β-unsaturated/α-hetero) is 1. The summed E-state index contributed by atoms with van der Waals surface area (Å²) in [6.07, 6.45) is -7.04. The molecule has 0 N–H and O–H groups in total. The van der Waals surface area contributed by atoms with Crippen LogP contribution >= 0.6 is 0 Å². The predicted octanol–water partition coefficient (Wildman–Crippen LogP) is 3.98. The van der Waals surface area contributed by atoms with E-state index in [1.54, 1.807) is 0 Å². The van der Waals surface area contributed by atoms with Crippen molar-refractivity contribution < 1.29 is 52.7 Å². The quantitative estimate of drug-likeness (QED) is 0.512. The number of rotatable bonds is 7. The number of carbonyl (C=O) groups excluding carboxylic acids is 1. The molecule has 1 unspecified atom stereocenters. The van der Waals surface area contributed by atoms with E-state index in [9.17, 15) is 48.5 Å². The van der Waals surface area contributed by atoms with Gasteiger partial charge in [0.15, 0.2) is 5.78 Å². The summed E-state index contributed by atoms with van der Waals surface area (Å²) >= 11 is -4.66. The van der Waals surface area contributed by atoms with Crippen LogP contribution < -0.4 is 0 Å². The molecule has 0 spiro atoms. The molecule has 0 aliphatic heterocycles. The van der Waals surface area contributed by atoms with Gasteiger partial charge in [-0.15, -0.1) is 0 Å². The Labute approximate surface area is 136 Å². The molecule has 0 radical (unpaired) electrons. The lowest BCUT2D eigenvalue weighted by molar-refractivity contribution is -0.382. The van der Waals surface area contributed by atoms with Gasteiger partial charge in [0.1, 0.15) is 6.61 Å². The second kappa shape index (κ2) is 6.94. The van der Waals surface area contributed by atoms with Crippen molar-refractivity contribution in [1.29, 1.82) is 0 Å². The Balaban J connectivity index is 2.94. The normalized spacial score (nSPS) is 15.1. The zero-order chi connectivity index (χ0) is 19.7. The second-order valence-electron chi connectivity index (χ2n) is 4.45. The van der Waals surface area contributed by atoms with Gasteiger partial charge in [-0.25, -0.2) is 4.21 Å². The van der Waals surface area contributed by atoms with Crippen LogP contribution in [0, 0.1) is 0 Å². The maximum Gasteiger partial charge on any atom is 0.460 e. The third-order valence-electron chi connectivity index (χ3n) is 2.72. The molecule has 0 bridgehead atoms. The Morgan fingerprint density at radius 3 is 1.80 bits per heavy atom. The van der Waals surface area contributed by atoms with Crippen molar-refractivity contribution in [3.8, 4) is 0 Å². The van der Waals surface area contributed by atoms with Gasteiger partial charge in [0, 0.05) is 5.56 Å². The first-order chi connectivity index (χ1) is 11.2. The van der Waals surface area contributed by atoms with Gasteiger partial charge in [-0.2, -0.15) is 39.5 Å². The third-order valence-corrected chi connectivity index (χ3v) is 3.72. The highest BCUT2D eigenvalue weighted by atomic mass is 32.2. The molecule has 0 aliphatic carbocycles. The van der Waals surface area contributed by atoms with Gasteiger partial charge < -0.3 is 0 Å². The molecule has 0 saturated carbocycles. The molecule has 0 amide bonds. The highest BCUT2D eigenvalue weighted by molar-refractivity contribution is 7.81. The summed E-state index contributed by atoms with van der Waals surface area (Å²) in [5.74, 6) is -15.4. The Kier molecular flexibility index (Phi) is 5.94. The molecule has 1 rings (SSSR count). The molecule has 1 aromatic rings. The maximum atomic E-state index is 13.2. The lowest BCUT2D eigenvalue weighted by Gasteiger charge is -2.32. The Morgan fingerprint density at radius 2 is 1.36 bits per heavy atom. The van der Waals surface area contributed by atoms with Crippen LogP contribution in [0.3, 0.4) is 0 Å². The summed E-state index contributed by atoms with van der Waals surface area (Å²) in [4.78, 5) is 11.5. The van der Waals surface area contributed by atoms with Crippen molar-refractivity contribution in [1.82, 2.24) is 0 Å². The van der Waals surface area contributed by atoms with E-state index in [2.05, 4.69) is 4.18 Å². The molecule has 0 fully saturated rings. The average Bonchev–Trinajstić information content (AvgIpc) is 2.51. The molecule has 25 heavy (non-hydrogen) atoms. The fourth-order valence-corrected chi connectivity index (χ4v) is 2.05. The molecule has 0 aliphatic rings. The number of carbonyl (C=O) groups is 1. The summed E-state index contributed by atoms with van der Waals surface area (Å²) in [5, 5.41) is -6.43. The maximum absolute atomic E-state index is 13.2. The van der Waals surface area contributed by atoms with E-state index in [1.807, 2.05) is 0 Å². The third kappa shape index (κ3) is 3.97. The summed E-state index contributed by atoms with van der Waals surface area (Å²) in [7, 11) is 0. The van der Waals surface area contributed by atoms with E-state index < -0.39 is 46.7 Å². The SMILES string of the molecule is O=C(COS(=O)C(F)(F)C(F)(F)C(F)(F)C(F)(F)F)c1ccccc1. The Hall–Kier alpha value is -1.63. The number of hydrogen-bond acceptors (Lipinski definition) is 3. The first-order valence-electron chi connectivity index (χ1n) is 6.00. The topological polar surface area (TPSA) is 43.4 Å². The van der Waals surface area contributed by atoms with Crippen molar-refractivity contribution >= 4 is 16.9 Å². The van der Waals surface area contributed by atoms with E-state index in [4.69, 9.17) is 0 Å². The van der Waals surface area contributed by atoms with Gasteiger partial charge in [-0.05, 0) is 0 Å². The van der Waals surface area contributed by atoms with Crippen LogP contribution in [0.25, 0.3) is 0 Å². The fraction of sp³-hybridized carbons (Fsp3) is 0.417. The monoisotopic (exact) mass is 402 g/mol. The first-order valence-corrected chi connectivity index (χ1v) is 7.07. The van der Waals surface area contributed by atoms with Crippen LogP contribution in [0.1, 0.15) is 10.4 Å². The van der Waals surface area contributed by atoms with Gasteiger partial charge >= 0.3 is 23.3 Å². The van der Waals surface area contributed by atoms with Crippen LogP contribution in [0.15, 0.2) is 30.3 Å². The van der Waals surface area contributed by atoms with Crippen molar-refractivity contribution in [3.05, 3.63) is 35.9 Å². The minimum Gasteiger partial charge on any atom is -0.292 e. The van der Waals surface area contributed by atoms with Crippen molar-refractivity contribution in [2.24, 2.45) is 0 Å². The number of alkyl halides is 9. The lowest BCUT2D eigenvalue weighted by Crippen LogP contribution is -2.62. The number of halogens is 9. The summed E-state index contributed by atoms with van der Waals surface area (Å²) in [6.45, 7) is -1.51. The Bertz CT molecular complexity index is 643. The van der Waals surface area contributed by atoms with Crippen molar-refractivity contribution in [2.75, 3.05) is 6.61 Å². The zero-order valence-electron chi connectivity index (χ0n) is 11.6. The van der Waals surface area contributed by atoms with Gasteiger partial charge in [0.25, 0.3) is 0 Å². The highest BCUT2D eigenvalue weighted by Crippen LogP contribution is 2.54. The lowest BCUT2D eigenvalue weighted by atomic mass is 10.1. The molecule has 0 aromatic heterocycles. The number of ketones is 1. The van der Waals surface area contributed by atoms with E-state index in [-0.39, 0.29) is 5.56 Å². The van der Waals surface area contributed by atoms with Gasteiger partial charge in [0.05, 0.1) is 0 Å². The molecule has 0 heterocycles. The van der Waals surface area contributed by atoms with Gasteiger partial charge in [0.2, 0.25) is 11.1 Å². The van der Waals surface area contributed by atoms with E-state index in [1.165, 1.54) is 18.2 Å². The smallest absolute Gasteiger partial charge is 0.292 e. The Morgan fingerprint density at radius 1 is 0.880 bits per heavy atom. The van der Waals surface area contributed by atoms with Crippen LogP contribution in [0.5, 0.6) is 0 Å². The molecular formula is C12H7F9O3S. The molecule has 13 heteroatoms. The second-order valence-corrected chi connectivity index (χ2v) is 5.67.